The second-order valence-corrected chi connectivity index (χ2v) is 7.62. The smallest absolute Gasteiger partial charge is 0.230 e. The number of hydrazine groups is 1. The van der Waals surface area contributed by atoms with Crippen molar-refractivity contribution < 1.29 is 54.7 Å². The molecule has 0 amide bonds. The molecule has 14 nitrogen and oxygen atoms in total. The Kier molecular flexibility index (Phi) is 9.60. The molecule has 10 atom stereocenters. The van der Waals surface area contributed by atoms with Gasteiger partial charge in [-0.1, -0.05) is 6.92 Å². The summed E-state index contributed by atoms with van der Waals surface area (Å²) >= 11 is 0. The number of hydrogen-bond donors (Lipinski definition) is 6. The van der Waals surface area contributed by atoms with Gasteiger partial charge in [-0.05, 0) is 13.3 Å². The molecular formula is C17H33N3O11. The predicted octanol–water partition coefficient (Wildman–Crippen LogP) is -2.69. The van der Waals surface area contributed by atoms with Crippen LogP contribution in [0.25, 0.3) is 0 Å². The van der Waals surface area contributed by atoms with E-state index in [1.807, 2.05) is 0 Å². The third-order valence-electron chi connectivity index (χ3n) is 5.50. The van der Waals surface area contributed by atoms with Gasteiger partial charge in [0, 0.05) is 7.11 Å². The van der Waals surface area contributed by atoms with Gasteiger partial charge in [0.25, 0.3) is 0 Å². The van der Waals surface area contributed by atoms with Gasteiger partial charge in [-0.2, -0.15) is 0 Å². The van der Waals surface area contributed by atoms with Gasteiger partial charge in [0.05, 0.1) is 24.2 Å². The third-order valence-corrected chi connectivity index (χ3v) is 5.50. The molecule has 0 aliphatic carbocycles. The summed E-state index contributed by atoms with van der Waals surface area (Å²) in [5.74, 6) is 0. The molecule has 2 aliphatic heterocycles. The Balaban J connectivity index is 2.21. The lowest BCUT2D eigenvalue weighted by Crippen LogP contribution is -2.65. The van der Waals surface area contributed by atoms with Gasteiger partial charge in [0.2, 0.25) is 5.28 Å². The van der Waals surface area contributed by atoms with Crippen molar-refractivity contribution in [1.82, 2.24) is 5.01 Å². The lowest BCUT2D eigenvalue weighted by atomic mass is 9.94. The van der Waals surface area contributed by atoms with Crippen molar-refractivity contribution in [3.05, 3.63) is 5.21 Å². The maximum atomic E-state index is 11.8. The van der Waals surface area contributed by atoms with Crippen LogP contribution in [-0.2, 0) is 18.9 Å². The van der Waals surface area contributed by atoms with Gasteiger partial charge in [-0.3, -0.25) is 0 Å². The van der Waals surface area contributed by atoms with Crippen LogP contribution in [0.15, 0.2) is 5.28 Å². The molecule has 2 aliphatic rings. The number of aliphatic hydroxyl groups excluding tert-OH is 5. The molecule has 2 rings (SSSR count). The van der Waals surface area contributed by atoms with Crippen LogP contribution in [-0.4, -0.2) is 129 Å². The first-order valence-corrected chi connectivity index (χ1v) is 10.1. The Hall–Kier alpha value is -1.36. The zero-order valence-electron chi connectivity index (χ0n) is 17.7. The van der Waals surface area contributed by atoms with Crippen molar-refractivity contribution in [2.45, 2.75) is 81.5 Å². The van der Waals surface area contributed by atoms with E-state index < -0.39 is 67.8 Å². The van der Waals surface area contributed by atoms with Crippen LogP contribution in [0.5, 0.6) is 0 Å². The number of nitrogens with zero attached hydrogens (tertiary/aromatic N) is 3. The van der Waals surface area contributed by atoms with E-state index in [4.69, 9.17) is 24.2 Å². The lowest BCUT2D eigenvalue weighted by Gasteiger charge is -2.46. The van der Waals surface area contributed by atoms with E-state index in [-0.39, 0.29) is 18.1 Å². The van der Waals surface area contributed by atoms with Crippen LogP contribution in [0.4, 0.5) is 0 Å². The quantitative estimate of drug-likeness (QED) is 0.120. The fraction of sp³-hybridized carbons (Fsp3) is 1.00. The summed E-state index contributed by atoms with van der Waals surface area (Å²) in [6, 6.07) is 0. The highest BCUT2D eigenvalue weighted by molar-refractivity contribution is 4.95. The third kappa shape index (κ3) is 5.71. The minimum absolute atomic E-state index is 0.0366. The molecule has 31 heavy (non-hydrogen) atoms. The van der Waals surface area contributed by atoms with Gasteiger partial charge in [0.1, 0.15) is 55.4 Å². The molecular weight excluding hydrogens is 422 g/mol. The molecule has 0 aromatic carbocycles. The number of aliphatic hydroxyl groups is 5. The second-order valence-electron chi connectivity index (χ2n) is 7.62. The second kappa shape index (κ2) is 11.5. The average Bonchev–Trinajstić information content (AvgIpc) is 2.76. The minimum atomic E-state index is -1.62. The Morgan fingerprint density at radius 2 is 1.68 bits per heavy atom. The zero-order chi connectivity index (χ0) is 23.3. The Morgan fingerprint density at radius 3 is 2.23 bits per heavy atom. The number of hydrogen-bond acceptors (Lipinski definition) is 11. The van der Waals surface area contributed by atoms with Crippen molar-refractivity contribution in [2.75, 3.05) is 26.8 Å². The molecule has 0 aromatic rings. The van der Waals surface area contributed by atoms with E-state index in [1.165, 1.54) is 14.0 Å². The van der Waals surface area contributed by atoms with E-state index >= 15 is 0 Å². The summed E-state index contributed by atoms with van der Waals surface area (Å²) in [6.07, 6.45) is -12.0. The van der Waals surface area contributed by atoms with Crippen LogP contribution in [0.2, 0.25) is 0 Å². The van der Waals surface area contributed by atoms with Crippen LogP contribution < -0.4 is 0 Å². The molecule has 0 bridgehead atoms. The van der Waals surface area contributed by atoms with Crippen molar-refractivity contribution in [2.24, 2.45) is 5.28 Å². The van der Waals surface area contributed by atoms with Crippen molar-refractivity contribution >= 4 is 0 Å². The molecule has 2 saturated heterocycles. The van der Waals surface area contributed by atoms with E-state index in [0.717, 1.165) is 5.01 Å². The van der Waals surface area contributed by atoms with Crippen molar-refractivity contribution in [3.63, 3.8) is 0 Å². The Labute approximate surface area is 179 Å². The topological polar surface area (TPSA) is 200 Å². The van der Waals surface area contributed by atoms with Crippen LogP contribution in [0, 0.1) is 5.21 Å². The highest BCUT2D eigenvalue weighted by Crippen LogP contribution is 2.30. The lowest BCUT2D eigenvalue weighted by molar-refractivity contribution is -0.711. The van der Waals surface area contributed by atoms with Crippen LogP contribution >= 0.6 is 0 Å². The molecule has 0 aromatic heterocycles. The molecule has 0 saturated carbocycles. The molecule has 2 fully saturated rings. The first kappa shape index (κ1) is 25.9. The van der Waals surface area contributed by atoms with Gasteiger partial charge in [-0.25, -0.2) is 0 Å². The van der Waals surface area contributed by atoms with Gasteiger partial charge >= 0.3 is 0 Å². The highest BCUT2D eigenvalue weighted by Gasteiger charge is 2.50. The first-order chi connectivity index (χ1) is 14.7. The van der Waals surface area contributed by atoms with E-state index in [2.05, 4.69) is 5.28 Å². The molecule has 1 unspecified atom stereocenters. The number of rotatable bonds is 9. The number of methoxy groups -OCH3 is 1. The average molecular weight is 455 g/mol. The Bertz CT molecular complexity index is 584. The first-order valence-electron chi connectivity index (χ1n) is 10.1. The van der Waals surface area contributed by atoms with E-state index in [0.29, 0.717) is 6.42 Å². The molecule has 2 heterocycles. The molecule has 182 valence electrons. The maximum absolute atomic E-state index is 11.8. The zero-order valence-corrected chi connectivity index (χ0v) is 17.7. The normalized spacial score (nSPS) is 41.9. The van der Waals surface area contributed by atoms with E-state index in [1.54, 1.807) is 6.92 Å². The summed E-state index contributed by atoms with van der Waals surface area (Å²) in [4.78, 5) is -0.0366. The van der Waals surface area contributed by atoms with Crippen molar-refractivity contribution in [3.8, 4) is 0 Å². The summed E-state index contributed by atoms with van der Waals surface area (Å²) in [5, 5.41) is 75.3. The monoisotopic (exact) mass is 455 g/mol. The summed E-state index contributed by atoms with van der Waals surface area (Å²) in [6.45, 7) is 2.78. The minimum Gasteiger partial charge on any atom is -0.569 e. The fourth-order valence-electron chi connectivity index (χ4n) is 3.82. The summed E-state index contributed by atoms with van der Waals surface area (Å²) < 4.78 is 22.0. The van der Waals surface area contributed by atoms with Crippen LogP contribution in [0.3, 0.4) is 0 Å². The SMILES string of the molecule is CCCN(C[C@H]1O[C@H](OC2[C@@H](CO)O[C@H](C)[C@H](O)[C@H]2O)[C@H](O)[C@@H](O)[C@@H]1OC)/[N+]([O-])=N/O. The van der Waals surface area contributed by atoms with Gasteiger partial charge < -0.3 is 54.9 Å². The molecule has 0 radical (unpaired) electrons. The van der Waals surface area contributed by atoms with Crippen molar-refractivity contribution in [1.29, 1.82) is 0 Å². The standard InChI is InChI=1S/C17H33N3O11/c1-4-5-19(20(27)18-26)6-9-15(28-3)13(24)14(25)17(30-9)31-16-10(7-21)29-8(2)11(22)12(16)23/h8-17,21-26H,4-7H2,1-3H3/b20-18-/t8-,9-,10-,11+,12-,13-,14-,15-,16?,17-/m1/s1. The molecule has 6 N–H and O–H groups in total. The van der Waals surface area contributed by atoms with Gasteiger partial charge in [0.15, 0.2) is 6.29 Å². The largest absolute Gasteiger partial charge is 0.569 e. The fourth-order valence-corrected chi connectivity index (χ4v) is 3.82. The summed E-state index contributed by atoms with van der Waals surface area (Å²) in [5.41, 5.74) is 0. The van der Waals surface area contributed by atoms with Gasteiger partial charge in [-0.15, -0.1) is 5.01 Å². The van der Waals surface area contributed by atoms with Crippen LogP contribution in [0.1, 0.15) is 20.3 Å². The highest BCUT2D eigenvalue weighted by atomic mass is 16.7. The maximum Gasteiger partial charge on any atom is 0.230 e. The Morgan fingerprint density at radius 1 is 1.03 bits per heavy atom. The number of ether oxygens (including phenoxy) is 4. The molecule has 0 spiro atoms. The molecule has 14 heteroatoms. The van der Waals surface area contributed by atoms with E-state index in [9.17, 15) is 30.7 Å². The summed E-state index contributed by atoms with van der Waals surface area (Å²) in [7, 11) is 1.28. The predicted molar refractivity (Wildman–Crippen MR) is 99.5 cm³/mol.